The number of likely N-dealkylation sites (tertiary alicyclic amines) is 1. The molecule has 1 saturated heterocycles. The lowest BCUT2D eigenvalue weighted by Crippen LogP contribution is -2.36. The molecule has 5 heteroatoms. The number of hydrogen-bond acceptors (Lipinski definition) is 4. The number of halogens is 1. The van der Waals surface area contributed by atoms with Crippen LogP contribution in [0.4, 0.5) is 4.39 Å². The third kappa shape index (κ3) is 2.59. The van der Waals surface area contributed by atoms with Crippen LogP contribution in [0, 0.1) is 6.92 Å². The molecular formula is C11H18FN3S. The van der Waals surface area contributed by atoms with Gasteiger partial charge in [-0.2, -0.15) is 0 Å². The van der Waals surface area contributed by atoms with Gasteiger partial charge in [0.05, 0.1) is 11.2 Å². The first-order valence-electron chi connectivity index (χ1n) is 5.62. The lowest BCUT2D eigenvalue weighted by Gasteiger charge is -2.23. The molecule has 16 heavy (non-hydrogen) atoms. The standard InChI is InChI=1S/C11H18FN3S/c1-8-11(16-7-14-8)6-15-5-9(12)3-10(15)4-13-2/h7,9-10,13H,3-6H2,1-2H3/t9-,10+/m0/s1. The van der Waals surface area contributed by atoms with E-state index in [4.69, 9.17) is 0 Å². The molecule has 0 aliphatic carbocycles. The van der Waals surface area contributed by atoms with Gasteiger partial charge in [-0.25, -0.2) is 9.37 Å². The van der Waals surface area contributed by atoms with E-state index < -0.39 is 6.17 Å². The van der Waals surface area contributed by atoms with E-state index in [-0.39, 0.29) is 0 Å². The highest BCUT2D eigenvalue weighted by molar-refractivity contribution is 7.09. The third-order valence-corrected chi connectivity index (χ3v) is 4.03. The maximum Gasteiger partial charge on any atom is 0.114 e. The number of hydrogen-bond donors (Lipinski definition) is 1. The molecule has 1 aromatic heterocycles. The summed E-state index contributed by atoms with van der Waals surface area (Å²) in [6.45, 7) is 4.27. The molecule has 1 aromatic rings. The maximum atomic E-state index is 13.4. The Morgan fingerprint density at radius 2 is 2.50 bits per heavy atom. The fourth-order valence-corrected chi connectivity index (χ4v) is 3.03. The quantitative estimate of drug-likeness (QED) is 0.870. The van der Waals surface area contributed by atoms with Crippen LogP contribution in [0.1, 0.15) is 17.0 Å². The molecule has 0 aromatic carbocycles. The van der Waals surface area contributed by atoms with E-state index in [1.807, 2.05) is 19.5 Å². The Morgan fingerprint density at radius 1 is 1.69 bits per heavy atom. The molecule has 0 amide bonds. The molecule has 1 N–H and O–H groups in total. The average molecular weight is 243 g/mol. The zero-order valence-electron chi connectivity index (χ0n) is 9.74. The number of aryl methyl sites for hydroxylation is 1. The first kappa shape index (κ1) is 12.0. The Kier molecular flexibility index (Phi) is 3.89. The minimum atomic E-state index is -0.674. The van der Waals surface area contributed by atoms with E-state index in [1.54, 1.807) is 11.3 Å². The minimum Gasteiger partial charge on any atom is -0.318 e. The first-order valence-corrected chi connectivity index (χ1v) is 6.50. The molecule has 0 bridgehead atoms. The number of thiazole rings is 1. The van der Waals surface area contributed by atoms with Crippen molar-refractivity contribution in [3.63, 3.8) is 0 Å². The van der Waals surface area contributed by atoms with Crippen LogP contribution in [0.5, 0.6) is 0 Å². The summed E-state index contributed by atoms with van der Waals surface area (Å²) in [5, 5.41) is 3.13. The minimum absolute atomic E-state index is 0.321. The average Bonchev–Trinajstić information content (AvgIpc) is 2.77. The lowest BCUT2D eigenvalue weighted by atomic mass is 10.2. The van der Waals surface area contributed by atoms with E-state index in [0.717, 1.165) is 18.8 Å². The first-order chi connectivity index (χ1) is 7.70. The van der Waals surface area contributed by atoms with Crippen LogP contribution in [0.15, 0.2) is 5.51 Å². The molecular weight excluding hydrogens is 225 g/mol. The largest absolute Gasteiger partial charge is 0.318 e. The van der Waals surface area contributed by atoms with Gasteiger partial charge >= 0.3 is 0 Å². The zero-order chi connectivity index (χ0) is 11.5. The highest BCUT2D eigenvalue weighted by atomic mass is 32.1. The molecule has 0 spiro atoms. The van der Waals surface area contributed by atoms with Gasteiger partial charge in [0.15, 0.2) is 0 Å². The predicted octanol–water partition coefficient (Wildman–Crippen LogP) is 1.58. The molecule has 1 aliphatic heterocycles. The third-order valence-electron chi connectivity index (χ3n) is 3.11. The van der Waals surface area contributed by atoms with Crippen LogP contribution in [0.25, 0.3) is 0 Å². The summed E-state index contributed by atoms with van der Waals surface area (Å²) in [6.07, 6.45) is -0.0230. The van der Waals surface area contributed by atoms with Gasteiger partial charge in [-0.1, -0.05) is 0 Å². The number of alkyl halides is 1. The summed E-state index contributed by atoms with van der Waals surface area (Å²) in [5.41, 5.74) is 2.94. The van der Waals surface area contributed by atoms with Crippen LogP contribution < -0.4 is 5.32 Å². The number of aromatic nitrogens is 1. The fraction of sp³-hybridized carbons (Fsp3) is 0.727. The smallest absolute Gasteiger partial charge is 0.114 e. The highest BCUT2D eigenvalue weighted by Gasteiger charge is 2.31. The fourth-order valence-electron chi connectivity index (χ4n) is 2.23. The second-order valence-electron chi connectivity index (χ2n) is 4.33. The molecule has 2 atom stereocenters. The van der Waals surface area contributed by atoms with Gasteiger partial charge in [-0.05, 0) is 20.4 Å². The van der Waals surface area contributed by atoms with Crippen molar-refractivity contribution in [2.24, 2.45) is 0 Å². The van der Waals surface area contributed by atoms with E-state index in [9.17, 15) is 4.39 Å². The van der Waals surface area contributed by atoms with Crippen molar-refractivity contribution in [2.75, 3.05) is 20.1 Å². The monoisotopic (exact) mass is 243 g/mol. The van der Waals surface area contributed by atoms with Crippen molar-refractivity contribution in [3.8, 4) is 0 Å². The van der Waals surface area contributed by atoms with Crippen LogP contribution >= 0.6 is 11.3 Å². The van der Waals surface area contributed by atoms with Crippen molar-refractivity contribution < 1.29 is 4.39 Å². The van der Waals surface area contributed by atoms with E-state index in [0.29, 0.717) is 19.0 Å². The topological polar surface area (TPSA) is 28.2 Å². The summed E-state index contributed by atoms with van der Waals surface area (Å²) in [6, 6.07) is 0.321. The van der Waals surface area contributed by atoms with Gasteiger partial charge < -0.3 is 5.32 Å². The van der Waals surface area contributed by atoms with E-state index >= 15 is 0 Å². The molecule has 1 aliphatic rings. The van der Waals surface area contributed by atoms with E-state index in [1.165, 1.54) is 4.88 Å². The number of rotatable bonds is 4. The van der Waals surface area contributed by atoms with Crippen molar-refractivity contribution in [3.05, 3.63) is 16.1 Å². The van der Waals surface area contributed by atoms with Crippen molar-refractivity contribution in [2.45, 2.75) is 32.1 Å². The normalized spacial score (nSPS) is 26.4. The van der Waals surface area contributed by atoms with Crippen molar-refractivity contribution >= 4 is 11.3 Å². The summed E-state index contributed by atoms with van der Waals surface area (Å²) in [7, 11) is 1.92. The van der Waals surface area contributed by atoms with Crippen molar-refractivity contribution in [1.82, 2.24) is 15.2 Å². The van der Waals surface area contributed by atoms with Crippen LogP contribution in [-0.4, -0.2) is 42.2 Å². The Hall–Kier alpha value is -0.520. The summed E-state index contributed by atoms with van der Waals surface area (Å²) < 4.78 is 13.4. The van der Waals surface area contributed by atoms with Crippen molar-refractivity contribution in [1.29, 1.82) is 0 Å². The molecule has 0 unspecified atom stereocenters. The number of nitrogens with zero attached hydrogens (tertiary/aromatic N) is 2. The van der Waals surface area contributed by atoms with Crippen LogP contribution in [0.2, 0.25) is 0 Å². The Labute approximate surface area is 99.7 Å². The highest BCUT2D eigenvalue weighted by Crippen LogP contribution is 2.24. The SMILES string of the molecule is CNC[C@H]1C[C@H](F)CN1Cc1scnc1C. The van der Waals surface area contributed by atoms with Gasteiger partial charge in [-0.3, -0.25) is 4.90 Å². The molecule has 2 rings (SSSR count). The van der Waals surface area contributed by atoms with Gasteiger partial charge in [-0.15, -0.1) is 11.3 Å². The molecule has 1 fully saturated rings. The van der Waals surface area contributed by atoms with Gasteiger partial charge in [0, 0.05) is 30.6 Å². The predicted molar refractivity (Wildman–Crippen MR) is 64.5 cm³/mol. The summed E-state index contributed by atoms with van der Waals surface area (Å²) in [4.78, 5) is 7.71. The van der Waals surface area contributed by atoms with Crippen LogP contribution in [0.3, 0.4) is 0 Å². The molecule has 90 valence electrons. The maximum absolute atomic E-state index is 13.4. The van der Waals surface area contributed by atoms with Gasteiger partial charge in [0.2, 0.25) is 0 Å². The number of likely N-dealkylation sites (N-methyl/N-ethyl adjacent to an activating group) is 1. The molecule has 0 saturated carbocycles. The van der Waals surface area contributed by atoms with E-state index in [2.05, 4.69) is 15.2 Å². The second-order valence-corrected chi connectivity index (χ2v) is 5.27. The second kappa shape index (κ2) is 5.21. The lowest BCUT2D eigenvalue weighted by molar-refractivity contribution is 0.234. The Morgan fingerprint density at radius 3 is 3.12 bits per heavy atom. The molecule has 3 nitrogen and oxygen atoms in total. The Balaban J connectivity index is 2.00. The van der Waals surface area contributed by atoms with Gasteiger partial charge in [0.1, 0.15) is 6.17 Å². The zero-order valence-corrected chi connectivity index (χ0v) is 10.6. The van der Waals surface area contributed by atoms with Crippen LogP contribution in [-0.2, 0) is 6.54 Å². The van der Waals surface area contributed by atoms with Gasteiger partial charge in [0.25, 0.3) is 0 Å². The molecule has 0 radical (unpaired) electrons. The summed E-state index contributed by atoms with van der Waals surface area (Å²) >= 11 is 1.66. The number of nitrogens with one attached hydrogen (secondary N) is 1. The summed E-state index contributed by atoms with van der Waals surface area (Å²) in [5.74, 6) is 0. The Bertz CT molecular complexity index is 342. The molecule has 2 heterocycles.